The molecule has 0 unspecified atom stereocenters. The van der Waals surface area contributed by atoms with Gasteiger partial charge in [0.25, 0.3) is 0 Å². The zero-order chi connectivity index (χ0) is 16.2. The second-order valence-corrected chi connectivity index (χ2v) is 6.68. The predicted molar refractivity (Wildman–Crippen MR) is 80.0 cm³/mol. The minimum absolute atomic E-state index is 0.0464. The fourth-order valence-corrected chi connectivity index (χ4v) is 2.67. The molecular weight excluding hydrogens is 306 g/mol. The van der Waals surface area contributed by atoms with Crippen LogP contribution in [0.4, 0.5) is 0 Å². The smallest absolute Gasteiger partial charge is 0.241 e. The zero-order valence-corrected chi connectivity index (χ0v) is 13.6. The van der Waals surface area contributed by atoms with E-state index in [1.165, 1.54) is 12.1 Å². The SMILES string of the molecule is CCOc1ccc(S(=O)(=O)NCc2nnc(C(C)C)o2)cc1. The van der Waals surface area contributed by atoms with E-state index in [1.807, 2.05) is 20.8 Å². The van der Waals surface area contributed by atoms with Crippen molar-refractivity contribution in [2.75, 3.05) is 6.61 Å². The van der Waals surface area contributed by atoms with Crippen molar-refractivity contribution in [3.63, 3.8) is 0 Å². The number of sulfonamides is 1. The first-order chi connectivity index (χ1) is 10.4. The van der Waals surface area contributed by atoms with Crippen molar-refractivity contribution in [2.24, 2.45) is 0 Å². The maximum Gasteiger partial charge on any atom is 0.241 e. The lowest BCUT2D eigenvalue weighted by molar-refractivity contribution is 0.340. The molecule has 0 aliphatic rings. The van der Waals surface area contributed by atoms with E-state index in [1.54, 1.807) is 12.1 Å². The number of rotatable bonds is 7. The van der Waals surface area contributed by atoms with Crippen molar-refractivity contribution in [3.05, 3.63) is 36.0 Å². The molecule has 1 aromatic carbocycles. The highest BCUT2D eigenvalue weighted by molar-refractivity contribution is 7.89. The topological polar surface area (TPSA) is 94.3 Å². The Kier molecular flexibility index (Phi) is 5.15. The van der Waals surface area contributed by atoms with E-state index in [4.69, 9.17) is 9.15 Å². The normalized spacial score (nSPS) is 11.8. The van der Waals surface area contributed by atoms with Gasteiger partial charge in [-0.25, -0.2) is 13.1 Å². The summed E-state index contributed by atoms with van der Waals surface area (Å²) in [5.74, 6) is 1.44. The van der Waals surface area contributed by atoms with Gasteiger partial charge in [-0.3, -0.25) is 0 Å². The van der Waals surface area contributed by atoms with Gasteiger partial charge in [0.1, 0.15) is 5.75 Å². The Hall–Kier alpha value is -1.93. The van der Waals surface area contributed by atoms with Crippen LogP contribution in [0.3, 0.4) is 0 Å². The maximum absolute atomic E-state index is 12.2. The molecule has 0 saturated carbocycles. The Morgan fingerprint density at radius 3 is 2.45 bits per heavy atom. The highest BCUT2D eigenvalue weighted by atomic mass is 32.2. The van der Waals surface area contributed by atoms with Crippen molar-refractivity contribution < 1.29 is 17.6 Å². The van der Waals surface area contributed by atoms with Crippen LogP contribution >= 0.6 is 0 Å². The van der Waals surface area contributed by atoms with Gasteiger partial charge in [0.05, 0.1) is 18.0 Å². The Bertz CT molecular complexity index is 708. The lowest BCUT2D eigenvalue weighted by Gasteiger charge is -2.06. The lowest BCUT2D eigenvalue weighted by Crippen LogP contribution is -2.23. The molecule has 1 aromatic heterocycles. The van der Waals surface area contributed by atoms with E-state index in [0.29, 0.717) is 18.2 Å². The number of ether oxygens (including phenoxy) is 1. The second-order valence-electron chi connectivity index (χ2n) is 4.92. The van der Waals surface area contributed by atoms with Gasteiger partial charge < -0.3 is 9.15 Å². The second kappa shape index (κ2) is 6.89. The monoisotopic (exact) mass is 325 g/mol. The van der Waals surface area contributed by atoms with Gasteiger partial charge in [0.15, 0.2) is 0 Å². The Morgan fingerprint density at radius 1 is 1.23 bits per heavy atom. The van der Waals surface area contributed by atoms with Gasteiger partial charge in [-0.2, -0.15) is 0 Å². The highest BCUT2D eigenvalue weighted by Gasteiger charge is 2.16. The predicted octanol–water partition coefficient (Wildman–Crippen LogP) is 2.07. The van der Waals surface area contributed by atoms with Gasteiger partial charge in [-0.15, -0.1) is 10.2 Å². The van der Waals surface area contributed by atoms with Gasteiger partial charge >= 0.3 is 0 Å². The molecule has 2 rings (SSSR count). The number of aromatic nitrogens is 2. The molecule has 7 nitrogen and oxygen atoms in total. The summed E-state index contributed by atoms with van der Waals surface area (Å²) in [5.41, 5.74) is 0. The molecule has 1 N–H and O–H groups in total. The molecule has 0 atom stereocenters. The van der Waals surface area contributed by atoms with Crippen LogP contribution in [0.25, 0.3) is 0 Å². The summed E-state index contributed by atoms with van der Waals surface area (Å²) >= 11 is 0. The molecule has 2 aromatic rings. The fraction of sp³-hybridized carbons (Fsp3) is 0.429. The lowest BCUT2D eigenvalue weighted by atomic mass is 10.2. The molecule has 0 aliphatic heterocycles. The quantitative estimate of drug-likeness (QED) is 0.837. The average molecular weight is 325 g/mol. The van der Waals surface area contributed by atoms with Crippen LogP contribution < -0.4 is 9.46 Å². The molecule has 0 saturated heterocycles. The molecule has 0 aliphatic carbocycles. The van der Waals surface area contributed by atoms with Crippen molar-refractivity contribution in [3.8, 4) is 5.75 Å². The van der Waals surface area contributed by atoms with Gasteiger partial charge in [-0.1, -0.05) is 13.8 Å². The summed E-state index contributed by atoms with van der Waals surface area (Å²) in [7, 11) is -3.63. The van der Waals surface area contributed by atoms with Crippen LogP contribution in [0, 0.1) is 0 Å². The number of hydrogen-bond acceptors (Lipinski definition) is 6. The Morgan fingerprint density at radius 2 is 1.91 bits per heavy atom. The molecule has 0 spiro atoms. The minimum atomic E-state index is -3.63. The van der Waals surface area contributed by atoms with Crippen LogP contribution in [0.15, 0.2) is 33.6 Å². The molecule has 120 valence electrons. The first kappa shape index (κ1) is 16.4. The van der Waals surface area contributed by atoms with Gasteiger partial charge in [-0.05, 0) is 31.2 Å². The van der Waals surface area contributed by atoms with Crippen molar-refractivity contribution in [1.29, 1.82) is 0 Å². The van der Waals surface area contributed by atoms with E-state index in [9.17, 15) is 8.42 Å². The largest absolute Gasteiger partial charge is 0.494 e. The number of nitrogens with zero attached hydrogens (tertiary/aromatic N) is 2. The van der Waals surface area contributed by atoms with Crippen LogP contribution in [0.1, 0.15) is 38.5 Å². The Balaban J connectivity index is 2.03. The van der Waals surface area contributed by atoms with E-state index >= 15 is 0 Å². The molecule has 22 heavy (non-hydrogen) atoms. The third kappa shape index (κ3) is 4.05. The first-order valence-electron chi connectivity index (χ1n) is 6.97. The summed E-state index contributed by atoms with van der Waals surface area (Å²) in [4.78, 5) is 0.152. The van der Waals surface area contributed by atoms with E-state index in [2.05, 4.69) is 14.9 Å². The van der Waals surface area contributed by atoms with E-state index in [0.717, 1.165) is 0 Å². The standard InChI is InChI=1S/C14H19N3O4S/c1-4-20-11-5-7-12(8-6-11)22(18,19)15-9-13-16-17-14(21-13)10(2)3/h5-8,10,15H,4,9H2,1-3H3. The molecule has 0 fully saturated rings. The highest BCUT2D eigenvalue weighted by Crippen LogP contribution is 2.16. The summed E-state index contributed by atoms with van der Waals surface area (Å²) in [6.45, 7) is 6.18. The molecular formula is C14H19N3O4S. The Labute approximate surface area is 129 Å². The van der Waals surface area contributed by atoms with Gasteiger partial charge in [0, 0.05) is 5.92 Å². The average Bonchev–Trinajstić information content (AvgIpc) is 2.95. The molecule has 8 heteroatoms. The molecule has 0 radical (unpaired) electrons. The molecule has 0 amide bonds. The first-order valence-corrected chi connectivity index (χ1v) is 8.45. The van der Waals surface area contributed by atoms with Crippen LogP contribution in [-0.4, -0.2) is 25.2 Å². The molecule has 1 heterocycles. The molecule has 0 bridgehead atoms. The third-order valence-electron chi connectivity index (χ3n) is 2.83. The van der Waals surface area contributed by atoms with Gasteiger partial charge in [0.2, 0.25) is 21.8 Å². The minimum Gasteiger partial charge on any atom is -0.494 e. The van der Waals surface area contributed by atoms with E-state index < -0.39 is 10.0 Å². The zero-order valence-electron chi connectivity index (χ0n) is 12.7. The van der Waals surface area contributed by atoms with Crippen LogP contribution in [0.2, 0.25) is 0 Å². The fourth-order valence-electron chi connectivity index (χ4n) is 1.69. The van der Waals surface area contributed by atoms with Crippen molar-refractivity contribution >= 4 is 10.0 Å². The number of benzene rings is 1. The number of nitrogens with one attached hydrogen (secondary N) is 1. The number of hydrogen-bond donors (Lipinski definition) is 1. The van der Waals surface area contributed by atoms with Crippen LogP contribution in [0.5, 0.6) is 5.75 Å². The summed E-state index contributed by atoms with van der Waals surface area (Å²) in [6, 6.07) is 6.20. The van der Waals surface area contributed by atoms with Crippen molar-refractivity contribution in [2.45, 2.75) is 38.1 Å². The summed E-state index contributed by atoms with van der Waals surface area (Å²) < 4.78 is 37.4. The third-order valence-corrected chi connectivity index (χ3v) is 4.25. The summed E-state index contributed by atoms with van der Waals surface area (Å²) in [6.07, 6.45) is 0. The maximum atomic E-state index is 12.2. The summed E-state index contributed by atoms with van der Waals surface area (Å²) in [5, 5.41) is 7.66. The van der Waals surface area contributed by atoms with Crippen LogP contribution in [-0.2, 0) is 16.6 Å². The van der Waals surface area contributed by atoms with Crippen molar-refractivity contribution in [1.82, 2.24) is 14.9 Å². The van der Waals surface area contributed by atoms with E-state index in [-0.39, 0.29) is 23.2 Å².